The van der Waals surface area contributed by atoms with Crippen molar-refractivity contribution in [1.82, 2.24) is 9.97 Å². The van der Waals surface area contributed by atoms with Gasteiger partial charge in [0.05, 0.1) is 16.9 Å². The van der Waals surface area contributed by atoms with E-state index in [0.29, 0.717) is 15.9 Å². The van der Waals surface area contributed by atoms with Gasteiger partial charge >= 0.3 is 0 Å². The molecule has 2 heterocycles. The van der Waals surface area contributed by atoms with Crippen LogP contribution in [0, 0.1) is 6.92 Å². The number of carbonyl (C=O) groups excluding carboxylic acids is 1. The second-order valence-corrected chi connectivity index (χ2v) is 5.22. The molecule has 6 heteroatoms. The molecule has 0 bridgehead atoms. The van der Waals surface area contributed by atoms with Crippen LogP contribution in [0.5, 0.6) is 0 Å². The van der Waals surface area contributed by atoms with Crippen LogP contribution in [0.2, 0.25) is 0 Å². The van der Waals surface area contributed by atoms with Gasteiger partial charge in [0.2, 0.25) is 0 Å². The summed E-state index contributed by atoms with van der Waals surface area (Å²) in [5.74, 6) is -0.206. The summed E-state index contributed by atoms with van der Waals surface area (Å²) in [4.78, 5) is 20.2. The van der Waals surface area contributed by atoms with Crippen molar-refractivity contribution in [2.75, 3.05) is 5.32 Å². The number of anilines is 1. The highest BCUT2D eigenvalue weighted by atomic mass is 79.9. The number of aromatic nitrogens is 2. The maximum absolute atomic E-state index is 12.0. The van der Waals surface area contributed by atoms with Crippen LogP contribution < -0.4 is 5.32 Å². The third kappa shape index (κ3) is 3.14. The number of nitrogens with zero attached hydrogens (tertiary/aromatic N) is 2. The summed E-state index contributed by atoms with van der Waals surface area (Å²) >= 11 is 6.50. The summed E-state index contributed by atoms with van der Waals surface area (Å²) in [6.45, 7) is 1.83. The second kappa shape index (κ2) is 5.58. The van der Waals surface area contributed by atoms with E-state index < -0.39 is 0 Å². The molecule has 0 saturated carbocycles. The van der Waals surface area contributed by atoms with Gasteiger partial charge in [-0.2, -0.15) is 0 Å². The molecule has 1 amide bonds. The fourth-order valence-electron chi connectivity index (χ4n) is 1.37. The van der Waals surface area contributed by atoms with Gasteiger partial charge in [-0.1, -0.05) is 0 Å². The Morgan fingerprint density at radius 1 is 1.17 bits per heavy atom. The summed E-state index contributed by atoms with van der Waals surface area (Å²) in [6, 6.07) is 7.01. The second-order valence-electron chi connectivity index (χ2n) is 3.59. The minimum Gasteiger partial charge on any atom is -0.320 e. The molecule has 0 aliphatic rings. The molecule has 0 unspecified atom stereocenters. The van der Waals surface area contributed by atoms with Gasteiger partial charge < -0.3 is 5.32 Å². The average Bonchev–Trinajstić information content (AvgIpc) is 2.33. The minimum absolute atomic E-state index is 0.206. The van der Waals surface area contributed by atoms with Crippen LogP contribution >= 0.6 is 31.9 Å². The van der Waals surface area contributed by atoms with E-state index in [1.165, 1.54) is 6.20 Å². The molecule has 0 fully saturated rings. The smallest absolute Gasteiger partial charge is 0.257 e. The number of rotatable bonds is 2. The van der Waals surface area contributed by atoms with E-state index in [1.54, 1.807) is 24.3 Å². The Balaban J connectivity index is 2.18. The summed E-state index contributed by atoms with van der Waals surface area (Å²) in [5.41, 5.74) is 1.94. The van der Waals surface area contributed by atoms with Gasteiger partial charge in [0, 0.05) is 6.20 Å². The van der Waals surface area contributed by atoms with Crippen molar-refractivity contribution in [2.45, 2.75) is 6.92 Å². The van der Waals surface area contributed by atoms with Crippen LogP contribution in [-0.2, 0) is 0 Å². The van der Waals surface area contributed by atoms with Crippen LogP contribution in [0.15, 0.2) is 39.7 Å². The molecule has 0 radical (unpaired) electrons. The zero-order chi connectivity index (χ0) is 13.1. The number of halogens is 2. The topological polar surface area (TPSA) is 54.9 Å². The molecule has 2 aromatic rings. The van der Waals surface area contributed by atoms with Crippen molar-refractivity contribution in [3.63, 3.8) is 0 Å². The third-order valence-corrected chi connectivity index (χ3v) is 3.20. The van der Waals surface area contributed by atoms with E-state index in [-0.39, 0.29) is 5.91 Å². The number of amides is 1. The first-order valence-corrected chi connectivity index (χ1v) is 6.71. The molecule has 0 aliphatic carbocycles. The zero-order valence-electron chi connectivity index (χ0n) is 9.45. The van der Waals surface area contributed by atoms with Crippen molar-refractivity contribution >= 4 is 43.5 Å². The van der Waals surface area contributed by atoms with Gasteiger partial charge in [0.1, 0.15) is 9.21 Å². The molecule has 2 aromatic heterocycles. The lowest BCUT2D eigenvalue weighted by molar-refractivity contribution is 0.102. The van der Waals surface area contributed by atoms with Crippen molar-refractivity contribution in [3.05, 3.63) is 50.9 Å². The largest absolute Gasteiger partial charge is 0.320 e. The number of nitrogens with one attached hydrogen (secondary N) is 1. The standard InChI is InChI=1S/C12H9Br2N3O/c1-7-9(3-5-11(14)16-7)17-12(18)8-2-4-10(13)15-6-8/h2-6H,1H3,(H,17,18). The maximum Gasteiger partial charge on any atom is 0.257 e. The van der Waals surface area contributed by atoms with E-state index in [0.717, 1.165) is 10.3 Å². The lowest BCUT2D eigenvalue weighted by Gasteiger charge is -2.07. The van der Waals surface area contributed by atoms with Gasteiger partial charge in [0.15, 0.2) is 0 Å². The highest BCUT2D eigenvalue weighted by Crippen LogP contribution is 2.17. The Hall–Kier alpha value is -1.27. The lowest BCUT2D eigenvalue weighted by atomic mass is 10.2. The highest BCUT2D eigenvalue weighted by molar-refractivity contribution is 9.10. The Morgan fingerprint density at radius 3 is 2.50 bits per heavy atom. The number of aryl methyl sites for hydroxylation is 1. The van der Waals surface area contributed by atoms with E-state index in [1.807, 2.05) is 6.92 Å². The van der Waals surface area contributed by atoms with Gasteiger partial charge in [-0.25, -0.2) is 9.97 Å². The first kappa shape index (κ1) is 13.2. The lowest BCUT2D eigenvalue weighted by Crippen LogP contribution is -2.13. The van der Waals surface area contributed by atoms with Gasteiger partial charge in [-0.15, -0.1) is 0 Å². The van der Waals surface area contributed by atoms with Crippen molar-refractivity contribution in [1.29, 1.82) is 0 Å². The van der Waals surface area contributed by atoms with Crippen LogP contribution in [0.3, 0.4) is 0 Å². The molecule has 4 nitrogen and oxygen atoms in total. The van der Waals surface area contributed by atoms with Crippen LogP contribution in [0.1, 0.15) is 16.1 Å². The first-order valence-electron chi connectivity index (χ1n) is 5.12. The van der Waals surface area contributed by atoms with Crippen LogP contribution in [0.4, 0.5) is 5.69 Å². The summed E-state index contributed by atoms with van der Waals surface area (Å²) in [5, 5.41) is 2.80. The van der Waals surface area contributed by atoms with Crippen molar-refractivity contribution in [3.8, 4) is 0 Å². The predicted octanol–water partition coefficient (Wildman–Crippen LogP) is 3.56. The molecule has 0 aliphatic heterocycles. The SMILES string of the molecule is Cc1nc(Br)ccc1NC(=O)c1ccc(Br)nc1. The first-order chi connectivity index (χ1) is 8.56. The summed E-state index contributed by atoms with van der Waals surface area (Å²) < 4.78 is 1.43. The van der Waals surface area contributed by atoms with Gasteiger partial charge in [-0.05, 0) is 63.0 Å². The number of hydrogen-bond acceptors (Lipinski definition) is 3. The average molecular weight is 371 g/mol. The van der Waals surface area contributed by atoms with Gasteiger partial charge in [0.25, 0.3) is 5.91 Å². The maximum atomic E-state index is 12.0. The number of pyridine rings is 2. The van der Waals surface area contributed by atoms with E-state index in [9.17, 15) is 4.79 Å². The molecule has 1 N–H and O–H groups in total. The molecular weight excluding hydrogens is 362 g/mol. The zero-order valence-corrected chi connectivity index (χ0v) is 12.6. The van der Waals surface area contributed by atoms with E-state index in [4.69, 9.17) is 0 Å². The van der Waals surface area contributed by atoms with Crippen LogP contribution in [0.25, 0.3) is 0 Å². The molecule has 0 spiro atoms. The third-order valence-electron chi connectivity index (χ3n) is 2.29. The summed E-state index contributed by atoms with van der Waals surface area (Å²) in [7, 11) is 0. The molecule has 2 rings (SSSR count). The molecule has 0 aromatic carbocycles. The summed E-state index contributed by atoms with van der Waals surface area (Å²) in [6.07, 6.45) is 1.51. The molecule has 18 heavy (non-hydrogen) atoms. The molecule has 0 atom stereocenters. The Kier molecular flexibility index (Phi) is 4.08. The fraction of sp³-hybridized carbons (Fsp3) is 0.0833. The Morgan fingerprint density at radius 2 is 1.89 bits per heavy atom. The van der Waals surface area contributed by atoms with Crippen molar-refractivity contribution in [2.24, 2.45) is 0 Å². The fourth-order valence-corrected chi connectivity index (χ4v) is 2.00. The molecular formula is C12H9Br2N3O. The molecule has 92 valence electrons. The van der Waals surface area contributed by atoms with Gasteiger partial charge in [-0.3, -0.25) is 4.79 Å². The Labute approximate surface area is 121 Å². The highest BCUT2D eigenvalue weighted by Gasteiger charge is 2.08. The molecule has 0 saturated heterocycles. The quantitative estimate of drug-likeness (QED) is 0.822. The Bertz CT molecular complexity index is 584. The normalized spacial score (nSPS) is 10.2. The van der Waals surface area contributed by atoms with E-state index >= 15 is 0 Å². The van der Waals surface area contributed by atoms with E-state index in [2.05, 4.69) is 47.1 Å². The monoisotopic (exact) mass is 369 g/mol. The number of carbonyl (C=O) groups is 1. The predicted molar refractivity (Wildman–Crippen MR) is 76.6 cm³/mol. The van der Waals surface area contributed by atoms with Crippen LogP contribution in [-0.4, -0.2) is 15.9 Å². The van der Waals surface area contributed by atoms with Crippen molar-refractivity contribution < 1.29 is 4.79 Å². The number of hydrogen-bond donors (Lipinski definition) is 1. The minimum atomic E-state index is -0.206.